The molecule has 0 saturated heterocycles. The highest BCUT2D eigenvalue weighted by atomic mass is 32.2. The first-order chi connectivity index (χ1) is 17.5. The van der Waals surface area contributed by atoms with E-state index in [9.17, 15) is 9.59 Å². The van der Waals surface area contributed by atoms with E-state index in [0.29, 0.717) is 11.5 Å². The number of carboxylic acids is 2. The third kappa shape index (κ3) is 40.4. The highest BCUT2D eigenvalue weighted by Crippen LogP contribution is 2.12. The molecule has 2 N–H and O–H groups in total. The van der Waals surface area contributed by atoms with E-state index in [0.717, 1.165) is 13.2 Å². The van der Waals surface area contributed by atoms with Crippen LogP contribution in [-0.4, -0.2) is 46.9 Å². The molecule has 0 radical (unpaired) electrons. The maximum absolute atomic E-state index is 9.97. The number of carboxylic acid groups (broad SMARTS) is 2. The molecule has 0 heterocycles. The zero-order valence-corrected chi connectivity index (χ0v) is 24.7. The van der Waals surface area contributed by atoms with E-state index >= 15 is 0 Å². The molecule has 0 spiro atoms. The van der Waals surface area contributed by atoms with Crippen molar-refractivity contribution in [2.45, 2.75) is 155 Å². The first-order valence-corrected chi connectivity index (χ1v) is 16.3. The highest BCUT2D eigenvalue weighted by molar-refractivity contribution is 7.99. The summed E-state index contributed by atoms with van der Waals surface area (Å²) in [4.78, 5) is 19.9. The Morgan fingerprint density at radius 2 is 0.778 bits per heavy atom. The molecule has 0 atom stereocenters. The summed E-state index contributed by atoms with van der Waals surface area (Å²) in [6, 6.07) is 0. The lowest BCUT2D eigenvalue weighted by Gasteiger charge is -2.05. The zero-order chi connectivity index (χ0) is 27.0. The normalized spacial score (nSPS) is 10.7. The third-order valence-electron chi connectivity index (χ3n) is 6.20. The van der Waals surface area contributed by atoms with Gasteiger partial charge in [-0.3, -0.25) is 9.59 Å². The van der Waals surface area contributed by atoms with E-state index in [4.69, 9.17) is 14.9 Å². The molecule has 216 valence electrons. The van der Waals surface area contributed by atoms with Gasteiger partial charge in [-0.2, -0.15) is 11.8 Å². The van der Waals surface area contributed by atoms with E-state index in [1.165, 1.54) is 140 Å². The van der Waals surface area contributed by atoms with Crippen LogP contribution in [0.2, 0.25) is 0 Å². The molecule has 0 aliphatic heterocycles. The van der Waals surface area contributed by atoms with E-state index in [1.54, 1.807) is 0 Å². The van der Waals surface area contributed by atoms with Crippen molar-refractivity contribution in [2.75, 3.05) is 24.7 Å². The Balaban J connectivity index is 0. The Labute approximate surface area is 227 Å². The second kappa shape index (κ2) is 34.2. The van der Waals surface area contributed by atoms with Crippen LogP contribution >= 0.6 is 11.8 Å². The molecule has 36 heavy (non-hydrogen) atoms. The fraction of sp³-hybridized carbons (Fsp3) is 0.933. The van der Waals surface area contributed by atoms with Crippen LogP contribution in [0.25, 0.3) is 0 Å². The predicted molar refractivity (Wildman–Crippen MR) is 156 cm³/mol. The lowest BCUT2D eigenvalue weighted by atomic mass is 10.1. The number of aliphatic carboxylic acids is 2. The van der Waals surface area contributed by atoms with Crippen molar-refractivity contribution in [3.8, 4) is 0 Å². The molecule has 0 rings (SSSR count). The largest absolute Gasteiger partial charge is 0.481 e. The summed E-state index contributed by atoms with van der Waals surface area (Å²) < 4.78 is 5.78. The number of carbonyl (C=O) groups is 2. The lowest BCUT2D eigenvalue weighted by Crippen LogP contribution is -1.99. The summed E-state index contributed by atoms with van der Waals surface area (Å²) >= 11 is 1.35. The number of ether oxygens (including phenoxy) is 1. The third-order valence-corrected chi connectivity index (χ3v) is 7.19. The minimum absolute atomic E-state index is 0.101. The van der Waals surface area contributed by atoms with Gasteiger partial charge in [0.25, 0.3) is 0 Å². The first-order valence-electron chi connectivity index (χ1n) is 15.1. The fourth-order valence-corrected chi connectivity index (χ4v) is 4.75. The second-order valence-corrected chi connectivity index (χ2v) is 11.1. The van der Waals surface area contributed by atoms with Crippen molar-refractivity contribution in [1.82, 2.24) is 0 Å². The van der Waals surface area contributed by atoms with Gasteiger partial charge in [0.2, 0.25) is 0 Å². The molecule has 0 aromatic rings. The molecule has 0 aromatic heterocycles. The standard InChI is InChI=1S/C24H50O.C6H10O4S/c1-3-5-7-9-11-13-15-17-19-21-23-25-24-22-20-18-16-14-12-10-8-6-4-2;7-5(8)1-3-11-4-2-6(9)10/h3-24H2,1-2H3;1-4H2,(H,7,8)(H,9,10). The smallest absolute Gasteiger partial charge is 0.304 e. The number of unbranched alkanes of at least 4 members (excludes halogenated alkanes) is 18. The van der Waals surface area contributed by atoms with Crippen molar-refractivity contribution in [2.24, 2.45) is 0 Å². The van der Waals surface area contributed by atoms with Crippen molar-refractivity contribution >= 4 is 23.7 Å². The molecule has 0 aromatic carbocycles. The van der Waals surface area contributed by atoms with Crippen molar-refractivity contribution in [1.29, 1.82) is 0 Å². The minimum atomic E-state index is -0.840. The van der Waals surface area contributed by atoms with Gasteiger partial charge >= 0.3 is 11.9 Å². The zero-order valence-electron chi connectivity index (χ0n) is 23.9. The Morgan fingerprint density at radius 3 is 1.06 bits per heavy atom. The van der Waals surface area contributed by atoms with Crippen LogP contribution in [0.3, 0.4) is 0 Å². The van der Waals surface area contributed by atoms with E-state index in [2.05, 4.69) is 13.8 Å². The van der Waals surface area contributed by atoms with Crippen molar-refractivity contribution in [3.63, 3.8) is 0 Å². The fourth-order valence-electron chi connectivity index (χ4n) is 3.91. The summed E-state index contributed by atoms with van der Waals surface area (Å²) in [5, 5.41) is 16.4. The SMILES string of the molecule is CCCCCCCCCCCCOCCCCCCCCCCCC.O=C(O)CCSCCC(=O)O. The van der Waals surface area contributed by atoms with Crippen LogP contribution in [-0.2, 0) is 14.3 Å². The van der Waals surface area contributed by atoms with Gasteiger partial charge in [-0.1, -0.05) is 129 Å². The van der Waals surface area contributed by atoms with Gasteiger partial charge in [0.15, 0.2) is 0 Å². The maximum atomic E-state index is 9.97. The van der Waals surface area contributed by atoms with E-state index in [-0.39, 0.29) is 12.8 Å². The maximum Gasteiger partial charge on any atom is 0.304 e. The Morgan fingerprint density at radius 1 is 0.500 bits per heavy atom. The number of rotatable bonds is 28. The number of hydrogen-bond donors (Lipinski definition) is 2. The lowest BCUT2D eigenvalue weighted by molar-refractivity contribution is -0.137. The van der Waals surface area contributed by atoms with Crippen LogP contribution < -0.4 is 0 Å². The van der Waals surface area contributed by atoms with Gasteiger partial charge in [-0.05, 0) is 12.8 Å². The Hall–Kier alpha value is -0.750. The summed E-state index contributed by atoms with van der Waals surface area (Å²) in [5.74, 6) is -0.703. The van der Waals surface area contributed by atoms with Crippen LogP contribution in [0.1, 0.15) is 155 Å². The molecule has 0 amide bonds. The van der Waals surface area contributed by atoms with Gasteiger partial charge in [0.05, 0.1) is 12.8 Å². The second-order valence-electron chi connectivity index (χ2n) is 9.88. The molecule has 0 aliphatic carbocycles. The average molecular weight is 533 g/mol. The molecule has 6 heteroatoms. The number of thioether (sulfide) groups is 1. The van der Waals surface area contributed by atoms with Gasteiger partial charge < -0.3 is 14.9 Å². The molecular formula is C30H60O5S. The number of hydrogen-bond acceptors (Lipinski definition) is 4. The van der Waals surface area contributed by atoms with Crippen molar-refractivity contribution in [3.05, 3.63) is 0 Å². The van der Waals surface area contributed by atoms with Gasteiger partial charge in [-0.15, -0.1) is 0 Å². The van der Waals surface area contributed by atoms with Crippen LogP contribution in [0.15, 0.2) is 0 Å². The molecule has 0 aliphatic rings. The predicted octanol–water partition coefficient (Wildman–Crippen LogP) is 9.51. The molecule has 0 unspecified atom stereocenters. The molecule has 5 nitrogen and oxygen atoms in total. The van der Waals surface area contributed by atoms with E-state index < -0.39 is 11.9 Å². The van der Waals surface area contributed by atoms with Gasteiger partial charge in [0.1, 0.15) is 0 Å². The topological polar surface area (TPSA) is 83.8 Å². The molecule has 0 saturated carbocycles. The molecule has 0 fully saturated rings. The van der Waals surface area contributed by atoms with Crippen LogP contribution in [0, 0.1) is 0 Å². The molecule has 0 bridgehead atoms. The van der Waals surface area contributed by atoms with E-state index in [1.807, 2.05) is 0 Å². The Kier molecular flexibility index (Phi) is 35.6. The Bertz CT molecular complexity index is 407. The van der Waals surface area contributed by atoms with Crippen molar-refractivity contribution < 1.29 is 24.5 Å². The summed E-state index contributed by atoms with van der Waals surface area (Å²) in [6.45, 7) is 6.57. The summed E-state index contributed by atoms with van der Waals surface area (Å²) in [7, 11) is 0. The monoisotopic (exact) mass is 532 g/mol. The first kappa shape index (κ1) is 37.4. The summed E-state index contributed by atoms with van der Waals surface area (Å²) in [5.41, 5.74) is 0. The summed E-state index contributed by atoms with van der Waals surface area (Å²) in [6.07, 6.45) is 28.4. The average Bonchev–Trinajstić information content (AvgIpc) is 2.85. The van der Waals surface area contributed by atoms with Crippen LogP contribution in [0.4, 0.5) is 0 Å². The quantitative estimate of drug-likeness (QED) is 0.0976. The molecular weight excluding hydrogens is 472 g/mol. The van der Waals surface area contributed by atoms with Gasteiger partial charge in [-0.25, -0.2) is 0 Å². The van der Waals surface area contributed by atoms with Gasteiger partial charge in [0, 0.05) is 24.7 Å². The highest BCUT2D eigenvalue weighted by Gasteiger charge is 1.99. The van der Waals surface area contributed by atoms with Crippen LogP contribution in [0.5, 0.6) is 0 Å². The minimum Gasteiger partial charge on any atom is -0.481 e.